The van der Waals surface area contributed by atoms with Gasteiger partial charge in [-0.1, -0.05) is 175 Å². The molecule has 4 nitrogen and oxygen atoms in total. The number of rotatable bonds is 33. The SMILES string of the molecule is CCCCCCCCOC(=O)CCCCCCCCCCCCCCCCCC(C)C(=O)OCCCCCCCC. The number of ether oxygens (including phenoxy) is 2. The van der Waals surface area contributed by atoms with Crippen LogP contribution >= 0.6 is 0 Å². The minimum absolute atomic E-state index is 0.00379. The van der Waals surface area contributed by atoms with Gasteiger partial charge in [-0.15, -0.1) is 0 Å². The van der Waals surface area contributed by atoms with Crippen LogP contribution in [0.3, 0.4) is 0 Å². The van der Waals surface area contributed by atoms with Crippen LogP contribution in [0.5, 0.6) is 0 Å². The van der Waals surface area contributed by atoms with Gasteiger partial charge in [-0.2, -0.15) is 0 Å². The molecule has 0 aliphatic rings. The summed E-state index contributed by atoms with van der Waals surface area (Å²) in [7, 11) is 0. The van der Waals surface area contributed by atoms with Gasteiger partial charge < -0.3 is 9.47 Å². The van der Waals surface area contributed by atoms with Crippen LogP contribution in [0.15, 0.2) is 0 Å². The number of carbonyl (C=O) groups excluding carboxylic acids is 2. The van der Waals surface area contributed by atoms with Crippen LogP contribution in [0, 0.1) is 5.92 Å². The first-order valence-electron chi connectivity index (χ1n) is 18.4. The first kappa shape index (κ1) is 39.9. The molecule has 0 aliphatic carbocycles. The lowest BCUT2D eigenvalue weighted by Crippen LogP contribution is -2.15. The number of hydrogen-bond acceptors (Lipinski definition) is 4. The Morgan fingerprint density at radius 2 is 0.780 bits per heavy atom. The molecule has 0 aromatic heterocycles. The van der Waals surface area contributed by atoms with Gasteiger partial charge >= 0.3 is 11.9 Å². The van der Waals surface area contributed by atoms with Crippen molar-refractivity contribution in [3.05, 3.63) is 0 Å². The van der Waals surface area contributed by atoms with Crippen molar-refractivity contribution in [3.8, 4) is 0 Å². The number of carbonyl (C=O) groups is 2. The molecule has 0 aromatic carbocycles. The molecule has 0 aromatic rings. The van der Waals surface area contributed by atoms with Gasteiger partial charge in [-0.25, -0.2) is 0 Å². The Balaban J connectivity index is 3.27. The van der Waals surface area contributed by atoms with Gasteiger partial charge in [-0.3, -0.25) is 9.59 Å². The van der Waals surface area contributed by atoms with Crippen molar-refractivity contribution in [2.24, 2.45) is 5.92 Å². The van der Waals surface area contributed by atoms with E-state index in [2.05, 4.69) is 13.8 Å². The Hall–Kier alpha value is -1.06. The maximum atomic E-state index is 12.1. The average Bonchev–Trinajstić information content (AvgIpc) is 2.97. The van der Waals surface area contributed by atoms with Crippen molar-refractivity contribution in [1.29, 1.82) is 0 Å². The van der Waals surface area contributed by atoms with Crippen molar-refractivity contribution < 1.29 is 19.1 Å². The maximum Gasteiger partial charge on any atom is 0.308 e. The lowest BCUT2D eigenvalue weighted by molar-refractivity contribution is -0.148. The summed E-state index contributed by atoms with van der Waals surface area (Å²) in [4.78, 5) is 23.9. The topological polar surface area (TPSA) is 52.6 Å². The molecule has 1 atom stereocenters. The summed E-state index contributed by atoms with van der Waals surface area (Å²) in [5.41, 5.74) is 0. The molecule has 0 aliphatic heterocycles. The summed E-state index contributed by atoms with van der Waals surface area (Å²) in [6.07, 6.45) is 35.6. The Labute approximate surface area is 256 Å². The van der Waals surface area contributed by atoms with Crippen molar-refractivity contribution in [2.75, 3.05) is 13.2 Å². The molecule has 0 saturated heterocycles. The second-order valence-electron chi connectivity index (χ2n) is 12.7. The second kappa shape index (κ2) is 33.4. The van der Waals surface area contributed by atoms with Gasteiger partial charge in [0.1, 0.15) is 0 Å². The minimum atomic E-state index is 0.00379. The van der Waals surface area contributed by atoms with Gasteiger partial charge in [0.05, 0.1) is 19.1 Å². The van der Waals surface area contributed by atoms with Crippen molar-refractivity contribution in [1.82, 2.24) is 0 Å². The monoisotopic (exact) mass is 581 g/mol. The van der Waals surface area contributed by atoms with Crippen molar-refractivity contribution in [3.63, 3.8) is 0 Å². The second-order valence-corrected chi connectivity index (χ2v) is 12.7. The molecule has 0 rings (SSSR count). The third-order valence-corrected chi connectivity index (χ3v) is 8.42. The Bertz CT molecular complexity index is 547. The quantitative estimate of drug-likeness (QED) is 0.0572. The summed E-state index contributed by atoms with van der Waals surface area (Å²) >= 11 is 0. The van der Waals surface area contributed by atoms with E-state index in [1.54, 1.807) is 0 Å². The van der Waals surface area contributed by atoms with Crippen molar-refractivity contribution in [2.45, 2.75) is 207 Å². The highest BCUT2D eigenvalue weighted by atomic mass is 16.5. The van der Waals surface area contributed by atoms with E-state index in [1.165, 1.54) is 141 Å². The highest BCUT2D eigenvalue weighted by molar-refractivity contribution is 5.71. The summed E-state index contributed by atoms with van der Waals surface area (Å²) in [5.74, 6) is 0.0667. The Morgan fingerprint density at radius 3 is 1.22 bits per heavy atom. The zero-order valence-corrected chi connectivity index (χ0v) is 28.1. The van der Waals surface area contributed by atoms with E-state index in [4.69, 9.17) is 9.47 Å². The lowest BCUT2D eigenvalue weighted by Gasteiger charge is -2.11. The third kappa shape index (κ3) is 31.7. The fourth-order valence-electron chi connectivity index (χ4n) is 5.47. The van der Waals surface area contributed by atoms with E-state index in [1.807, 2.05) is 6.92 Å². The molecule has 0 spiro atoms. The predicted octanol–water partition coefficient (Wildman–Crippen LogP) is 12.1. The standard InChI is InChI=1S/C37H72O4/c1-4-6-8-10-25-29-33-40-36(38)32-28-24-22-20-18-16-14-12-13-15-17-19-21-23-27-31-35(3)37(39)41-34-30-26-11-9-7-5-2/h35H,4-34H2,1-3H3. The molecule has 0 bridgehead atoms. The van der Waals surface area contributed by atoms with E-state index >= 15 is 0 Å². The highest BCUT2D eigenvalue weighted by Crippen LogP contribution is 2.16. The molecule has 0 saturated carbocycles. The normalized spacial score (nSPS) is 12.0. The van der Waals surface area contributed by atoms with Crippen LogP contribution in [0.4, 0.5) is 0 Å². The molecule has 0 N–H and O–H groups in total. The van der Waals surface area contributed by atoms with E-state index in [0.717, 1.165) is 38.5 Å². The largest absolute Gasteiger partial charge is 0.466 e. The predicted molar refractivity (Wildman–Crippen MR) is 176 cm³/mol. The molecule has 1 unspecified atom stereocenters. The highest BCUT2D eigenvalue weighted by Gasteiger charge is 2.13. The molecular weight excluding hydrogens is 508 g/mol. The molecule has 41 heavy (non-hydrogen) atoms. The number of unbranched alkanes of at least 4 members (excludes halogenated alkanes) is 24. The molecule has 0 radical (unpaired) electrons. The smallest absolute Gasteiger partial charge is 0.308 e. The van der Waals surface area contributed by atoms with Crippen LogP contribution < -0.4 is 0 Å². The van der Waals surface area contributed by atoms with Crippen LogP contribution in [-0.4, -0.2) is 25.2 Å². The Kier molecular flexibility index (Phi) is 32.6. The van der Waals surface area contributed by atoms with Crippen LogP contribution in [0.2, 0.25) is 0 Å². The van der Waals surface area contributed by atoms with E-state index in [0.29, 0.717) is 19.6 Å². The zero-order chi connectivity index (χ0) is 30.1. The molecule has 0 fully saturated rings. The first-order chi connectivity index (χ1) is 20.1. The Morgan fingerprint density at radius 1 is 0.439 bits per heavy atom. The molecule has 0 heterocycles. The fraction of sp³-hybridized carbons (Fsp3) is 0.946. The molecular formula is C37H72O4. The van der Waals surface area contributed by atoms with E-state index in [9.17, 15) is 9.59 Å². The van der Waals surface area contributed by atoms with Gasteiger partial charge in [0.25, 0.3) is 0 Å². The molecule has 244 valence electrons. The average molecular weight is 581 g/mol. The summed E-state index contributed by atoms with van der Waals surface area (Å²) in [5, 5.41) is 0. The van der Waals surface area contributed by atoms with Crippen LogP contribution in [-0.2, 0) is 19.1 Å². The minimum Gasteiger partial charge on any atom is -0.466 e. The maximum absolute atomic E-state index is 12.1. The zero-order valence-electron chi connectivity index (χ0n) is 28.1. The molecule has 4 heteroatoms. The van der Waals surface area contributed by atoms with E-state index in [-0.39, 0.29) is 17.9 Å². The lowest BCUT2D eigenvalue weighted by atomic mass is 10.0. The van der Waals surface area contributed by atoms with E-state index < -0.39 is 0 Å². The fourth-order valence-corrected chi connectivity index (χ4v) is 5.47. The number of esters is 2. The summed E-state index contributed by atoms with van der Waals surface area (Å²) in [6.45, 7) is 7.72. The third-order valence-electron chi connectivity index (χ3n) is 8.42. The van der Waals surface area contributed by atoms with Crippen LogP contribution in [0.25, 0.3) is 0 Å². The summed E-state index contributed by atoms with van der Waals surface area (Å²) in [6, 6.07) is 0. The number of hydrogen-bond donors (Lipinski definition) is 0. The van der Waals surface area contributed by atoms with Gasteiger partial charge in [0, 0.05) is 6.42 Å². The first-order valence-corrected chi connectivity index (χ1v) is 18.4. The molecule has 0 amide bonds. The van der Waals surface area contributed by atoms with Gasteiger partial charge in [-0.05, 0) is 25.7 Å². The van der Waals surface area contributed by atoms with Crippen molar-refractivity contribution >= 4 is 11.9 Å². The van der Waals surface area contributed by atoms with Crippen LogP contribution in [0.1, 0.15) is 207 Å². The van der Waals surface area contributed by atoms with Gasteiger partial charge in [0.15, 0.2) is 0 Å². The van der Waals surface area contributed by atoms with Gasteiger partial charge in [0.2, 0.25) is 0 Å². The summed E-state index contributed by atoms with van der Waals surface area (Å²) < 4.78 is 10.8.